The molecule has 2 rings (SSSR count). The first-order valence-corrected chi connectivity index (χ1v) is 7.85. The molecule has 1 N–H and O–H groups in total. The number of hydrogen-bond acceptors (Lipinski definition) is 4. The van der Waals surface area contributed by atoms with Gasteiger partial charge in [-0.15, -0.1) is 11.3 Å². The summed E-state index contributed by atoms with van der Waals surface area (Å²) in [6, 6.07) is 8.38. The Kier molecular flexibility index (Phi) is 5.51. The first-order chi connectivity index (χ1) is 9.17. The van der Waals surface area contributed by atoms with Gasteiger partial charge in [-0.05, 0) is 48.2 Å². The minimum absolute atomic E-state index is 0.815. The molecule has 0 saturated heterocycles. The molecule has 0 aliphatic carbocycles. The number of pyridine rings is 1. The molecule has 3 nitrogen and oxygen atoms in total. The second-order valence-electron chi connectivity index (χ2n) is 4.55. The second kappa shape index (κ2) is 7.14. The van der Waals surface area contributed by atoms with E-state index in [0.717, 1.165) is 35.5 Å². The van der Waals surface area contributed by atoms with E-state index in [1.54, 1.807) is 11.3 Å². The van der Waals surface area contributed by atoms with E-state index in [0.29, 0.717) is 0 Å². The molecule has 0 bridgehead atoms. The lowest BCUT2D eigenvalue weighted by molar-refractivity contribution is 0.317. The van der Waals surface area contributed by atoms with Crippen LogP contribution in [0.4, 0.5) is 0 Å². The van der Waals surface area contributed by atoms with Gasteiger partial charge in [0.2, 0.25) is 0 Å². The number of aromatic nitrogens is 1. The standard InChI is InChI=1S/C14H18BrN3S/c1-16-7-12-4-3-5-13(17-12)8-18(2)9-14-6-11(15)10-19-14/h3-6,10,16H,7-9H2,1-2H3. The number of hydrogen-bond donors (Lipinski definition) is 1. The van der Waals surface area contributed by atoms with Crippen LogP contribution in [0, 0.1) is 0 Å². The molecule has 102 valence electrons. The van der Waals surface area contributed by atoms with Gasteiger partial charge in [-0.2, -0.15) is 0 Å². The Labute approximate surface area is 126 Å². The minimum Gasteiger partial charge on any atom is -0.314 e. The van der Waals surface area contributed by atoms with Crippen molar-refractivity contribution in [3.63, 3.8) is 0 Å². The Hall–Kier alpha value is -0.750. The summed E-state index contributed by atoms with van der Waals surface area (Å²) in [6.07, 6.45) is 0. The van der Waals surface area contributed by atoms with Crippen molar-refractivity contribution in [1.82, 2.24) is 15.2 Å². The molecule has 0 radical (unpaired) electrons. The molecule has 0 atom stereocenters. The normalized spacial score (nSPS) is 11.2. The molecule has 19 heavy (non-hydrogen) atoms. The van der Waals surface area contributed by atoms with Crippen LogP contribution in [0.1, 0.15) is 16.3 Å². The van der Waals surface area contributed by atoms with Gasteiger partial charge in [0.1, 0.15) is 0 Å². The van der Waals surface area contributed by atoms with Crippen LogP contribution >= 0.6 is 27.3 Å². The van der Waals surface area contributed by atoms with Gasteiger partial charge in [-0.25, -0.2) is 0 Å². The summed E-state index contributed by atoms with van der Waals surface area (Å²) < 4.78 is 1.16. The molecule has 2 aromatic rings. The Morgan fingerprint density at radius 3 is 2.79 bits per heavy atom. The summed E-state index contributed by atoms with van der Waals surface area (Å²) in [7, 11) is 4.06. The first-order valence-electron chi connectivity index (χ1n) is 6.18. The van der Waals surface area contributed by atoms with Crippen LogP contribution in [-0.4, -0.2) is 24.0 Å². The monoisotopic (exact) mass is 339 g/mol. The molecular weight excluding hydrogens is 322 g/mol. The van der Waals surface area contributed by atoms with Crippen molar-refractivity contribution in [3.05, 3.63) is 50.4 Å². The minimum atomic E-state index is 0.815. The molecule has 0 spiro atoms. The highest BCUT2D eigenvalue weighted by atomic mass is 79.9. The highest BCUT2D eigenvalue weighted by molar-refractivity contribution is 9.10. The average molecular weight is 340 g/mol. The zero-order valence-corrected chi connectivity index (χ0v) is 13.6. The van der Waals surface area contributed by atoms with Crippen LogP contribution in [-0.2, 0) is 19.6 Å². The van der Waals surface area contributed by atoms with Crippen molar-refractivity contribution < 1.29 is 0 Å². The molecular formula is C14H18BrN3S. The van der Waals surface area contributed by atoms with Crippen LogP contribution in [0.3, 0.4) is 0 Å². The molecule has 0 aliphatic heterocycles. The fraction of sp³-hybridized carbons (Fsp3) is 0.357. The molecule has 0 unspecified atom stereocenters. The average Bonchev–Trinajstić information content (AvgIpc) is 2.75. The van der Waals surface area contributed by atoms with Gasteiger partial charge in [-0.1, -0.05) is 6.07 Å². The third-order valence-corrected chi connectivity index (χ3v) is 4.38. The van der Waals surface area contributed by atoms with Crippen molar-refractivity contribution in [2.75, 3.05) is 14.1 Å². The van der Waals surface area contributed by atoms with Crippen LogP contribution in [0.15, 0.2) is 34.1 Å². The summed E-state index contributed by atoms with van der Waals surface area (Å²) in [4.78, 5) is 8.28. The van der Waals surface area contributed by atoms with Gasteiger partial charge in [-0.3, -0.25) is 9.88 Å². The van der Waals surface area contributed by atoms with Gasteiger partial charge in [0.25, 0.3) is 0 Å². The van der Waals surface area contributed by atoms with E-state index < -0.39 is 0 Å². The SMILES string of the molecule is CNCc1cccc(CN(C)Cc2cc(Br)cs2)n1. The molecule has 0 aliphatic rings. The van der Waals surface area contributed by atoms with Gasteiger partial charge < -0.3 is 5.32 Å². The fourth-order valence-corrected chi connectivity index (χ4v) is 3.46. The smallest absolute Gasteiger partial charge is 0.0547 e. The van der Waals surface area contributed by atoms with Gasteiger partial charge in [0, 0.05) is 34.4 Å². The molecule has 0 aromatic carbocycles. The first kappa shape index (κ1) is 14.7. The van der Waals surface area contributed by atoms with E-state index in [-0.39, 0.29) is 0 Å². The number of nitrogens with zero attached hydrogens (tertiary/aromatic N) is 2. The third kappa shape index (κ3) is 4.69. The number of rotatable bonds is 6. The van der Waals surface area contributed by atoms with Gasteiger partial charge in [0.15, 0.2) is 0 Å². The maximum atomic E-state index is 4.64. The van der Waals surface area contributed by atoms with Crippen molar-refractivity contribution in [3.8, 4) is 0 Å². The lowest BCUT2D eigenvalue weighted by Crippen LogP contribution is -2.18. The number of halogens is 1. The highest BCUT2D eigenvalue weighted by Gasteiger charge is 2.05. The highest BCUT2D eigenvalue weighted by Crippen LogP contribution is 2.21. The quantitative estimate of drug-likeness (QED) is 0.875. The Bertz CT molecular complexity index is 527. The van der Waals surface area contributed by atoms with E-state index in [1.807, 2.05) is 7.05 Å². The molecule has 0 saturated carbocycles. The molecule has 0 amide bonds. The topological polar surface area (TPSA) is 28.2 Å². The van der Waals surface area contributed by atoms with Crippen LogP contribution in [0.2, 0.25) is 0 Å². The zero-order valence-electron chi connectivity index (χ0n) is 11.2. The third-order valence-electron chi connectivity index (χ3n) is 2.70. The Morgan fingerprint density at radius 1 is 1.32 bits per heavy atom. The Morgan fingerprint density at radius 2 is 2.11 bits per heavy atom. The van der Waals surface area contributed by atoms with Crippen molar-refractivity contribution in [1.29, 1.82) is 0 Å². The summed E-state index contributed by atoms with van der Waals surface area (Å²) >= 11 is 5.27. The summed E-state index contributed by atoms with van der Waals surface area (Å²) in [5.41, 5.74) is 2.21. The predicted octanol–water partition coefficient (Wildman–Crippen LogP) is 3.26. The van der Waals surface area contributed by atoms with Gasteiger partial charge >= 0.3 is 0 Å². The molecule has 2 aromatic heterocycles. The second-order valence-corrected chi connectivity index (χ2v) is 6.47. The maximum Gasteiger partial charge on any atom is 0.0547 e. The lowest BCUT2D eigenvalue weighted by Gasteiger charge is -2.15. The van der Waals surface area contributed by atoms with E-state index in [9.17, 15) is 0 Å². The van der Waals surface area contributed by atoms with E-state index in [2.05, 4.69) is 67.8 Å². The molecule has 2 heterocycles. The van der Waals surface area contributed by atoms with Crippen molar-refractivity contribution >= 4 is 27.3 Å². The predicted molar refractivity (Wildman–Crippen MR) is 84.2 cm³/mol. The number of nitrogens with one attached hydrogen (secondary N) is 1. The van der Waals surface area contributed by atoms with Crippen molar-refractivity contribution in [2.45, 2.75) is 19.6 Å². The van der Waals surface area contributed by atoms with E-state index in [4.69, 9.17) is 0 Å². The Balaban J connectivity index is 1.94. The number of thiophene rings is 1. The zero-order chi connectivity index (χ0) is 13.7. The van der Waals surface area contributed by atoms with Crippen LogP contribution < -0.4 is 5.32 Å². The van der Waals surface area contributed by atoms with E-state index in [1.165, 1.54) is 4.88 Å². The van der Waals surface area contributed by atoms with E-state index >= 15 is 0 Å². The van der Waals surface area contributed by atoms with Gasteiger partial charge in [0.05, 0.1) is 11.4 Å². The van der Waals surface area contributed by atoms with Crippen LogP contribution in [0.25, 0.3) is 0 Å². The lowest BCUT2D eigenvalue weighted by atomic mass is 10.3. The maximum absolute atomic E-state index is 4.64. The summed E-state index contributed by atoms with van der Waals surface area (Å²) in [6.45, 7) is 2.64. The van der Waals surface area contributed by atoms with Crippen molar-refractivity contribution in [2.24, 2.45) is 0 Å². The molecule has 5 heteroatoms. The molecule has 0 fully saturated rings. The largest absolute Gasteiger partial charge is 0.314 e. The fourth-order valence-electron chi connectivity index (χ4n) is 1.93. The van der Waals surface area contributed by atoms with Crippen LogP contribution in [0.5, 0.6) is 0 Å². The summed E-state index contributed by atoms with van der Waals surface area (Å²) in [5.74, 6) is 0. The summed E-state index contributed by atoms with van der Waals surface area (Å²) in [5, 5.41) is 5.25.